The average Bonchev–Trinajstić information content (AvgIpc) is 2.19. The summed E-state index contributed by atoms with van der Waals surface area (Å²) in [5.41, 5.74) is 17.3. The maximum Gasteiger partial charge on any atom is 0.407 e. The highest BCUT2D eigenvalue weighted by molar-refractivity contribution is 6.01. The number of aliphatic imine (C=N–C) groups is 1. The summed E-state index contributed by atoms with van der Waals surface area (Å²) in [6.07, 6.45) is -1.95. The first-order valence-electron chi connectivity index (χ1n) is 29.4. The summed E-state index contributed by atoms with van der Waals surface area (Å²) < 4.78 is 57.7. The quantitative estimate of drug-likeness (QED) is 0.0121. The third kappa shape index (κ3) is 22.6. The molecule has 0 radical (unpaired) electrons. The number of aryl methyl sites for hydroxylation is 2. The van der Waals surface area contributed by atoms with Crippen LogP contribution in [0.1, 0.15) is 55.7 Å². The summed E-state index contributed by atoms with van der Waals surface area (Å²) >= 11 is 0. The summed E-state index contributed by atoms with van der Waals surface area (Å²) in [6.45, 7) is 8.72. The molecular weight excluding hydrogens is 1150 g/mol. The van der Waals surface area contributed by atoms with Gasteiger partial charge in [-0.25, -0.2) is 19.3 Å². The van der Waals surface area contributed by atoms with E-state index in [0.717, 1.165) is 27.9 Å². The van der Waals surface area contributed by atoms with Crippen molar-refractivity contribution in [3.63, 3.8) is 0 Å². The molecule has 5 atom stereocenters. The van der Waals surface area contributed by atoms with Crippen molar-refractivity contribution in [1.82, 2.24) is 20.3 Å². The Labute approximate surface area is 510 Å². The van der Waals surface area contributed by atoms with Crippen LogP contribution in [0.15, 0.2) is 83.6 Å². The first kappa shape index (κ1) is 69.6. The van der Waals surface area contributed by atoms with Gasteiger partial charge in [-0.3, -0.25) is 19.7 Å². The number of nitrogens with zero attached hydrogens (tertiary/aromatic N) is 6. The number of hydrogen-bond acceptors (Lipinski definition) is 21. The minimum absolute atomic E-state index is 0.0119. The van der Waals surface area contributed by atoms with Crippen molar-refractivity contribution in [2.75, 3.05) is 124 Å². The molecule has 0 fully saturated rings. The number of amides is 2. The summed E-state index contributed by atoms with van der Waals surface area (Å²) in [4.78, 5) is 68.2. The largest absolute Gasteiger partial charge is 0.479 e. The highest BCUT2D eigenvalue weighted by Crippen LogP contribution is 2.41. The van der Waals surface area contributed by atoms with E-state index in [2.05, 4.69) is 20.6 Å². The van der Waals surface area contributed by atoms with Crippen LogP contribution in [0.2, 0.25) is 0 Å². The first-order chi connectivity index (χ1) is 42.7. The van der Waals surface area contributed by atoms with Gasteiger partial charge in [-0.1, -0.05) is 66.7 Å². The lowest BCUT2D eigenvalue weighted by Crippen LogP contribution is -2.52. The number of rotatable bonds is 42. The van der Waals surface area contributed by atoms with Crippen LogP contribution in [0, 0.1) is 23.0 Å². The molecule has 0 spiro atoms. The number of nitrogens with two attached hydrogens (primary N) is 2. The van der Waals surface area contributed by atoms with Crippen molar-refractivity contribution < 1.29 is 86.8 Å². The normalized spacial score (nSPS) is 15.9. The van der Waals surface area contributed by atoms with Crippen molar-refractivity contribution in [1.29, 1.82) is 0 Å². The molecule has 1 aromatic heterocycles. The number of nitro groups is 1. The fourth-order valence-electron chi connectivity index (χ4n) is 9.63. The maximum atomic E-state index is 14.0. The number of hydrogen-bond donors (Lipinski definition) is 6. The molecule has 0 unspecified atom stereocenters. The first-order valence-corrected chi connectivity index (χ1v) is 29.4. The molecule has 2 amide bonds. The third-order valence-corrected chi connectivity index (χ3v) is 14.1. The van der Waals surface area contributed by atoms with Gasteiger partial charge in [-0.2, -0.15) is 0 Å². The van der Waals surface area contributed by atoms with E-state index in [1.54, 1.807) is 28.6 Å². The molecule has 2 aliphatic rings. The summed E-state index contributed by atoms with van der Waals surface area (Å²) in [7, 11) is 0. The van der Waals surface area contributed by atoms with Crippen LogP contribution in [0.5, 0.6) is 0 Å². The molecule has 8 N–H and O–H groups in total. The topological polar surface area (TPSA) is 375 Å². The zero-order valence-electron chi connectivity index (χ0n) is 49.9. The number of aliphatic carboxylic acids is 1. The Hall–Kier alpha value is -7.51. The number of Topliss-reactive ketones (excluding diaryl/α,β-unsaturated/α-hetero) is 1. The van der Waals surface area contributed by atoms with E-state index in [4.69, 9.17) is 58.8 Å². The van der Waals surface area contributed by atoms with Crippen molar-refractivity contribution >= 4 is 41.1 Å². The van der Waals surface area contributed by atoms with E-state index in [1.807, 2.05) is 61.5 Å². The van der Waals surface area contributed by atoms with Crippen LogP contribution in [0.3, 0.4) is 0 Å². The van der Waals surface area contributed by atoms with Gasteiger partial charge >= 0.3 is 12.1 Å². The predicted molar refractivity (Wildman–Crippen MR) is 319 cm³/mol. The number of para-hydroxylation sites is 1. The van der Waals surface area contributed by atoms with Crippen LogP contribution in [0.4, 0.5) is 16.2 Å². The number of guanidine groups is 1. The van der Waals surface area contributed by atoms with Gasteiger partial charge in [-0.05, 0) is 49.5 Å². The number of alkyl carbamates (subject to hydrolysis) is 1. The van der Waals surface area contributed by atoms with Crippen LogP contribution in [0.25, 0.3) is 22.5 Å². The average molecular weight is 1230 g/mol. The van der Waals surface area contributed by atoms with E-state index in [9.17, 15) is 44.6 Å². The molecular formula is C60H83N9O19. The predicted octanol–water partition coefficient (Wildman–Crippen LogP) is 3.66. The zero-order valence-corrected chi connectivity index (χ0v) is 49.9. The molecule has 0 aliphatic carbocycles. The molecule has 3 aromatic carbocycles. The van der Waals surface area contributed by atoms with E-state index >= 15 is 0 Å². The summed E-state index contributed by atoms with van der Waals surface area (Å²) in [6, 6.07) is 19.7. The summed E-state index contributed by atoms with van der Waals surface area (Å²) in [5, 5.41) is 52.7. The highest BCUT2D eigenvalue weighted by atomic mass is 16.6. The minimum Gasteiger partial charge on any atom is -0.479 e. The summed E-state index contributed by atoms with van der Waals surface area (Å²) in [5.74, 6) is -3.14. The number of aromatic nitrogens is 3. The monoisotopic (exact) mass is 1230 g/mol. The van der Waals surface area contributed by atoms with Crippen molar-refractivity contribution in [2.24, 2.45) is 22.4 Å². The smallest absolute Gasteiger partial charge is 0.407 e. The number of nitrogens with one attached hydrogen (secondary N) is 1. The Bertz CT molecular complexity index is 2900. The van der Waals surface area contributed by atoms with Crippen LogP contribution >= 0.6 is 0 Å². The van der Waals surface area contributed by atoms with Gasteiger partial charge in [0.15, 0.2) is 12.1 Å². The number of anilines is 1. The lowest BCUT2D eigenvalue weighted by molar-refractivity contribution is -0.385. The van der Waals surface area contributed by atoms with E-state index < -0.39 is 54.7 Å². The molecule has 28 nitrogen and oxygen atoms in total. The molecule has 4 aromatic rings. The number of carbonyl (C=O) groups is 4. The number of carbonyl (C=O) groups excluding carboxylic acids is 3. The fraction of sp³-hybridized carbons (Fsp3) is 0.550. The number of aliphatic hydroxyl groups excluding tert-OH is 2. The second-order valence-electron chi connectivity index (χ2n) is 20.6. The van der Waals surface area contributed by atoms with Crippen molar-refractivity contribution in [3.8, 4) is 22.5 Å². The molecule has 28 heteroatoms. The number of ketones is 1. The lowest BCUT2D eigenvalue weighted by atomic mass is 9.87. The molecule has 88 heavy (non-hydrogen) atoms. The number of carboxylic acid groups (broad SMARTS) is 1. The number of nitro benzene ring substituents is 1. The molecule has 0 bridgehead atoms. The van der Waals surface area contributed by atoms with Gasteiger partial charge in [0.1, 0.15) is 23.7 Å². The maximum absolute atomic E-state index is 14.0. The van der Waals surface area contributed by atoms with Crippen LogP contribution < -0.4 is 21.7 Å². The molecule has 2 aliphatic heterocycles. The molecule has 482 valence electrons. The van der Waals surface area contributed by atoms with Gasteiger partial charge in [0, 0.05) is 67.7 Å². The van der Waals surface area contributed by atoms with E-state index in [1.165, 1.54) is 6.08 Å². The second-order valence-corrected chi connectivity index (χ2v) is 20.6. The lowest BCUT2D eigenvalue weighted by Gasteiger charge is -2.38. The van der Waals surface area contributed by atoms with Gasteiger partial charge in [-0.15, -0.1) is 5.10 Å². The minimum atomic E-state index is -1.62. The Morgan fingerprint density at radius 1 is 0.784 bits per heavy atom. The van der Waals surface area contributed by atoms with Gasteiger partial charge < -0.3 is 84.4 Å². The molecule has 0 saturated heterocycles. The second kappa shape index (κ2) is 38.0. The van der Waals surface area contributed by atoms with E-state index in [-0.39, 0.29) is 93.6 Å². The highest BCUT2D eigenvalue weighted by Gasteiger charge is 2.44. The fourth-order valence-corrected chi connectivity index (χ4v) is 9.63. The zero-order chi connectivity index (χ0) is 63.0. The SMILES string of the molecule is Cc1ccc(CCCOCCOCCOCCOCCOCCCC(=O)CCC(=O)N2Cc3ccccc3-c3c(nnn3CCOCCOCCOCCNC(=O)O[C@@H]([C@@H]3OC(C(=O)O)=C[C@H](N=C(N)N)[C@H]3C)[C@H](O)CO)-c3ccccc32)c([N+](=O)[O-])c1. The van der Waals surface area contributed by atoms with Crippen LogP contribution in [-0.2, 0) is 81.3 Å². The Kier molecular flexibility index (Phi) is 30.1. The molecule has 3 heterocycles. The van der Waals surface area contributed by atoms with Crippen LogP contribution in [-0.4, -0.2) is 208 Å². The van der Waals surface area contributed by atoms with Gasteiger partial charge in [0.25, 0.3) is 5.69 Å². The number of benzene rings is 3. The Morgan fingerprint density at radius 2 is 1.38 bits per heavy atom. The number of ether oxygens (including phenoxy) is 10. The molecule has 0 saturated carbocycles. The van der Waals surface area contributed by atoms with Gasteiger partial charge in [0.05, 0.1) is 135 Å². The van der Waals surface area contributed by atoms with Gasteiger partial charge in [0.2, 0.25) is 11.7 Å². The Morgan fingerprint density at radius 3 is 2.00 bits per heavy atom. The Balaban J connectivity index is 0.807. The standard InChI is InChI=1S/C60H83N9O19/c1-41-15-16-43(50(37-41)69(77)78)10-7-21-79-25-29-83-33-35-86-36-34-84-30-26-80-22-8-11-45(71)17-18-53(73)67-39-44-9-3-4-12-46(44)55-54(47-13-5-6-14-49(47)67)65-66-68(55)20-24-82-28-32-85-31-27-81-23-19-63-60(76)88-57(51(72)40-70)56-42(2)48(64-59(61)62)38-52(87-56)58(74)75/h3-6,9,12-16,37-38,42,48,51,56-57,70,72H,7-8,10-11,17-36,39-40H2,1-2H3,(H,63,76)(H,74,75)(H4,61,62,64)/t42-,48+,51-,56-,57-/m1/s1. The number of carboxylic acids is 1. The van der Waals surface area contributed by atoms with E-state index in [0.29, 0.717) is 115 Å². The number of aliphatic hydroxyl groups is 2. The van der Waals surface area contributed by atoms with Crippen molar-refractivity contribution in [2.45, 2.75) is 89.8 Å². The number of fused-ring (bicyclic) bond motifs is 5. The van der Waals surface area contributed by atoms with Crippen molar-refractivity contribution in [3.05, 3.63) is 105 Å². The molecule has 6 rings (SSSR count). The third-order valence-electron chi connectivity index (χ3n) is 14.1.